The van der Waals surface area contributed by atoms with Gasteiger partial charge in [0.05, 0.1) is 0 Å². The molecule has 1 nitrogen and oxygen atoms in total. The van der Waals surface area contributed by atoms with Crippen LogP contribution in [0.4, 0.5) is 5.69 Å². The monoisotopic (exact) mass is 203 g/mol. The smallest absolute Gasteiger partial charge is 0.0396 e. The number of fused-ring (bicyclic) bond motifs is 1. The molecule has 1 aromatic rings. The molecule has 1 heterocycles. The molecule has 0 spiro atoms. The third kappa shape index (κ3) is 2.01. The minimum Gasteiger partial charge on any atom is -0.374 e. The lowest BCUT2D eigenvalue weighted by atomic mass is 9.84. The first kappa shape index (κ1) is 10.5. The molecule has 1 aliphatic rings. The van der Waals surface area contributed by atoms with E-state index in [1.165, 1.54) is 36.2 Å². The Bertz CT molecular complexity index is 360. The highest BCUT2D eigenvalue weighted by molar-refractivity contribution is 5.56. The van der Waals surface area contributed by atoms with Crippen molar-refractivity contribution >= 4 is 5.69 Å². The Kier molecular flexibility index (Phi) is 2.49. The Balaban J connectivity index is 2.42. The van der Waals surface area contributed by atoms with Crippen LogP contribution in [0.15, 0.2) is 18.2 Å². The van der Waals surface area contributed by atoms with Gasteiger partial charge in [0.1, 0.15) is 0 Å². The van der Waals surface area contributed by atoms with Crippen LogP contribution in [-0.4, -0.2) is 13.6 Å². The zero-order valence-corrected chi connectivity index (χ0v) is 10.3. The van der Waals surface area contributed by atoms with E-state index in [1.54, 1.807) is 0 Å². The molecule has 0 radical (unpaired) electrons. The highest BCUT2D eigenvalue weighted by Gasteiger charge is 2.18. The average molecular weight is 203 g/mol. The second-order valence-electron chi connectivity index (χ2n) is 5.62. The first-order chi connectivity index (χ1) is 6.98. The van der Waals surface area contributed by atoms with Crippen LogP contribution in [0, 0.1) is 0 Å². The maximum atomic E-state index is 2.39. The third-order valence-electron chi connectivity index (χ3n) is 3.30. The van der Waals surface area contributed by atoms with Crippen molar-refractivity contribution in [1.82, 2.24) is 0 Å². The zero-order chi connectivity index (χ0) is 11.1. The summed E-state index contributed by atoms with van der Waals surface area (Å²) >= 11 is 0. The van der Waals surface area contributed by atoms with Gasteiger partial charge in [-0.15, -0.1) is 0 Å². The lowest BCUT2D eigenvalue weighted by Gasteiger charge is -2.29. The van der Waals surface area contributed by atoms with Gasteiger partial charge in [-0.05, 0) is 35.4 Å². The highest BCUT2D eigenvalue weighted by Crippen LogP contribution is 2.31. The first-order valence-corrected chi connectivity index (χ1v) is 5.83. The molecule has 2 rings (SSSR count). The van der Waals surface area contributed by atoms with E-state index in [0.717, 1.165) is 0 Å². The van der Waals surface area contributed by atoms with Gasteiger partial charge in [-0.3, -0.25) is 0 Å². The van der Waals surface area contributed by atoms with Crippen LogP contribution in [0.3, 0.4) is 0 Å². The topological polar surface area (TPSA) is 3.24 Å². The SMILES string of the molecule is CN1CCCc2cc(C(C)(C)C)ccc21. The van der Waals surface area contributed by atoms with Crippen molar-refractivity contribution in [2.24, 2.45) is 0 Å². The minimum absolute atomic E-state index is 0.269. The molecular formula is C14H21N. The summed E-state index contributed by atoms with van der Waals surface area (Å²) in [5.41, 5.74) is 4.67. The first-order valence-electron chi connectivity index (χ1n) is 5.83. The second-order valence-corrected chi connectivity index (χ2v) is 5.62. The molecule has 0 N–H and O–H groups in total. The van der Waals surface area contributed by atoms with E-state index in [9.17, 15) is 0 Å². The maximum absolute atomic E-state index is 2.39. The van der Waals surface area contributed by atoms with Gasteiger partial charge in [-0.1, -0.05) is 32.9 Å². The summed E-state index contributed by atoms with van der Waals surface area (Å²) in [4.78, 5) is 2.37. The number of nitrogens with zero attached hydrogens (tertiary/aromatic N) is 1. The van der Waals surface area contributed by atoms with Gasteiger partial charge in [0.2, 0.25) is 0 Å². The van der Waals surface area contributed by atoms with Crippen molar-refractivity contribution in [3.63, 3.8) is 0 Å². The van der Waals surface area contributed by atoms with Crippen molar-refractivity contribution in [3.05, 3.63) is 29.3 Å². The van der Waals surface area contributed by atoms with E-state index in [0.29, 0.717) is 0 Å². The highest BCUT2D eigenvalue weighted by atomic mass is 15.1. The Labute approximate surface area is 93.1 Å². The molecule has 0 fully saturated rings. The summed E-state index contributed by atoms with van der Waals surface area (Å²) in [5.74, 6) is 0. The Morgan fingerprint density at radius 3 is 2.60 bits per heavy atom. The van der Waals surface area contributed by atoms with Crippen molar-refractivity contribution < 1.29 is 0 Å². The molecule has 0 aromatic heterocycles. The number of rotatable bonds is 0. The Morgan fingerprint density at radius 1 is 1.20 bits per heavy atom. The lowest BCUT2D eigenvalue weighted by Crippen LogP contribution is -2.25. The molecule has 15 heavy (non-hydrogen) atoms. The van der Waals surface area contributed by atoms with E-state index in [1.807, 2.05) is 0 Å². The summed E-state index contributed by atoms with van der Waals surface area (Å²) in [6.45, 7) is 8.03. The fraction of sp³-hybridized carbons (Fsp3) is 0.571. The van der Waals surface area contributed by atoms with Gasteiger partial charge in [-0.2, -0.15) is 0 Å². The maximum Gasteiger partial charge on any atom is 0.0396 e. The fourth-order valence-corrected chi connectivity index (χ4v) is 2.25. The summed E-state index contributed by atoms with van der Waals surface area (Å²) < 4.78 is 0. The van der Waals surface area contributed by atoms with Crippen LogP contribution in [-0.2, 0) is 11.8 Å². The van der Waals surface area contributed by atoms with Gasteiger partial charge in [0.25, 0.3) is 0 Å². The Hall–Kier alpha value is -0.980. The van der Waals surface area contributed by atoms with Gasteiger partial charge in [-0.25, -0.2) is 0 Å². The summed E-state index contributed by atoms with van der Waals surface area (Å²) in [6.07, 6.45) is 2.53. The predicted octanol–water partition coefficient (Wildman–Crippen LogP) is 3.37. The van der Waals surface area contributed by atoms with Crippen molar-refractivity contribution in [3.8, 4) is 0 Å². The molecule has 0 aliphatic carbocycles. The fourth-order valence-electron chi connectivity index (χ4n) is 2.25. The van der Waals surface area contributed by atoms with Crippen LogP contribution in [0.5, 0.6) is 0 Å². The number of aryl methyl sites for hydroxylation is 1. The summed E-state index contributed by atoms with van der Waals surface area (Å²) in [6, 6.07) is 6.96. The quantitative estimate of drug-likeness (QED) is 0.625. The summed E-state index contributed by atoms with van der Waals surface area (Å²) in [5, 5.41) is 0. The normalized spacial score (nSPS) is 16.4. The molecule has 0 bridgehead atoms. The van der Waals surface area contributed by atoms with Crippen LogP contribution >= 0.6 is 0 Å². The van der Waals surface area contributed by atoms with Gasteiger partial charge in [0.15, 0.2) is 0 Å². The second kappa shape index (κ2) is 3.55. The molecule has 0 amide bonds. The number of hydrogen-bond donors (Lipinski definition) is 0. The van der Waals surface area contributed by atoms with Crippen LogP contribution in [0.25, 0.3) is 0 Å². The Morgan fingerprint density at radius 2 is 1.93 bits per heavy atom. The molecule has 0 unspecified atom stereocenters. The molecule has 82 valence electrons. The zero-order valence-electron chi connectivity index (χ0n) is 10.3. The van der Waals surface area contributed by atoms with Crippen molar-refractivity contribution in [2.45, 2.75) is 39.0 Å². The minimum atomic E-state index is 0.269. The standard InChI is InChI=1S/C14H21N/c1-14(2,3)12-7-8-13-11(10-12)6-5-9-15(13)4/h7-8,10H,5-6,9H2,1-4H3. The van der Waals surface area contributed by atoms with E-state index < -0.39 is 0 Å². The van der Waals surface area contributed by atoms with Crippen LogP contribution in [0.2, 0.25) is 0 Å². The molecular weight excluding hydrogens is 182 g/mol. The van der Waals surface area contributed by atoms with E-state index in [4.69, 9.17) is 0 Å². The molecule has 0 atom stereocenters. The van der Waals surface area contributed by atoms with E-state index in [-0.39, 0.29) is 5.41 Å². The lowest BCUT2D eigenvalue weighted by molar-refractivity contribution is 0.588. The van der Waals surface area contributed by atoms with Crippen LogP contribution < -0.4 is 4.90 Å². The average Bonchev–Trinajstić information content (AvgIpc) is 2.16. The number of hydrogen-bond acceptors (Lipinski definition) is 1. The van der Waals surface area contributed by atoms with Crippen molar-refractivity contribution in [2.75, 3.05) is 18.5 Å². The van der Waals surface area contributed by atoms with Gasteiger partial charge >= 0.3 is 0 Å². The molecule has 1 aromatic carbocycles. The summed E-state index contributed by atoms with van der Waals surface area (Å²) in [7, 11) is 2.19. The van der Waals surface area contributed by atoms with E-state index in [2.05, 4.69) is 50.9 Å². The largest absolute Gasteiger partial charge is 0.374 e. The number of anilines is 1. The predicted molar refractivity (Wildman–Crippen MR) is 66.7 cm³/mol. The molecule has 1 aliphatic heterocycles. The third-order valence-corrected chi connectivity index (χ3v) is 3.30. The molecule has 1 heteroatoms. The number of benzene rings is 1. The van der Waals surface area contributed by atoms with Gasteiger partial charge in [0, 0.05) is 19.3 Å². The molecule has 0 saturated heterocycles. The van der Waals surface area contributed by atoms with Gasteiger partial charge < -0.3 is 4.90 Å². The van der Waals surface area contributed by atoms with E-state index >= 15 is 0 Å². The molecule has 0 saturated carbocycles. The van der Waals surface area contributed by atoms with Crippen LogP contribution in [0.1, 0.15) is 38.3 Å². The van der Waals surface area contributed by atoms with Crippen molar-refractivity contribution in [1.29, 1.82) is 0 Å².